The SMILES string of the molecule is O=C(O)c1[nH]cnc1C(=O)c1c[nH]c2ncccc12. The van der Waals surface area contributed by atoms with E-state index < -0.39 is 11.8 Å². The quantitative estimate of drug-likeness (QED) is 0.610. The number of rotatable bonds is 3. The highest BCUT2D eigenvalue weighted by atomic mass is 16.4. The fraction of sp³-hybridized carbons (Fsp3) is 0. The highest BCUT2D eigenvalue weighted by Gasteiger charge is 2.23. The van der Waals surface area contributed by atoms with Gasteiger partial charge < -0.3 is 15.1 Å². The van der Waals surface area contributed by atoms with Crippen molar-refractivity contribution in [3.05, 3.63) is 47.8 Å². The first kappa shape index (κ1) is 11.1. The number of imidazole rings is 1. The predicted molar refractivity (Wildman–Crippen MR) is 65.1 cm³/mol. The molecule has 7 nitrogen and oxygen atoms in total. The van der Waals surface area contributed by atoms with Gasteiger partial charge in [0, 0.05) is 17.8 Å². The molecule has 0 saturated carbocycles. The minimum absolute atomic E-state index is 0.114. The number of pyridine rings is 1. The van der Waals surface area contributed by atoms with Gasteiger partial charge >= 0.3 is 5.97 Å². The molecule has 0 radical (unpaired) electrons. The Balaban J connectivity index is 2.14. The van der Waals surface area contributed by atoms with Gasteiger partial charge in [-0.25, -0.2) is 14.8 Å². The van der Waals surface area contributed by atoms with Crippen molar-refractivity contribution in [2.45, 2.75) is 0 Å². The van der Waals surface area contributed by atoms with Gasteiger partial charge in [-0.15, -0.1) is 0 Å². The number of carboxylic acid groups (broad SMARTS) is 1. The zero-order valence-corrected chi connectivity index (χ0v) is 9.54. The Hall–Kier alpha value is -2.96. The third-order valence-electron chi connectivity index (χ3n) is 2.76. The molecule has 0 unspecified atom stereocenters. The summed E-state index contributed by atoms with van der Waals surface area (Å²) in [6.07, 6.45) is 4.29. The Morgan fingerprint density at radius 2 is 2.05 bits per heavy atom. The van der Waals surface area contributed by atoms with Crippen molar-refractivity contribution in [1.29, 1.82) is 0 Å². The number of aromatic amines is 2. The Kier molecular flexibility index (Phi) is 2.38. The lowest BCUT2D eigenvalue weighted by Crippen LogP contribution is -2.09. The summed E-state index contributed by atoms with van der Waals surface area (Å²) >= 11 is 0. The number of H-pyrrole nitrogens is 2. The molecule has 0 aliphatic heterocycles. The van der Waals surface area contributed by atoms with Gasteiger partial charge in [-0.3, -0.25) is 4.79 Å². The van der Waals surface area contributed by atoms with Gasteiger partial charge in [0.1, 0.15) is 11.3 Å². The van der Waals surface area contributed by atoms with Crippen LogP contribution < -0.4 is 0 Å². The van der Waals surface area contributed by atoms with Crippen LogP contribution >= 0.6 is 0 Å². The minimum Gasteiger partial charge on any atom is -0.477 e. The van der Waals surface area contributed by atoms with Crippen LogP contribution in [0.3, 0.4) is 0 Å². The number of carboxylic acids is 1. The van der Waals surface area contributed by atoms with E-state index in [-0.39, 0.29) is 11.4 Å². The van der Waals surface area contributed by atoms with E-state index >= 15 is 0 Å². The van der Waals surface area contributed by atoms with Crippen LogP contribution in [0.5, 0.6) is 0 Å². The molecule has 3 heterocycles. The molecule has 0 bridgehead atoms. The smallest absolute Gasteiger partial charge is 0.354 e. The van der Waals surface area contributed by atoms with Gasteiger partial charge in [0.2, 0.25) is 5.78 Å². The van der Waals surface area contributed by atoms with Crippen LogP contribution in [0.2, 0.25) is 0 Å². The molecule has 3 rings (SSSR count). The number of nitrogens with one attached hydrogen (secondary N) is 2. The summed E-state index contributed by atoms with van der Waals surface area (Å²) in [5.74, 6) is -1.68. The van der Waals surface area contributed by atoms with E-state index in [1.165, 1.54) is 12.5 Å². The van der Waals surface area contributed by atoms with Crippen molar-refractivity contribution in [3.63, 3.8) is 0 Å². The predicted octanol–water partition coefficient (Wildman–Crippen LogP) is 1.22. The van der Waals surface area contributed by atoms with Crippen LogP contribution in [0.1, 0.15) is 26.5 Å². The van der Waals surface area contributed by atoms with Gasteiger partial charge in [-0.1, -0.05) is 0 Å². The summed E-state index contributed by atoms with van der Waals surface area (Å²) in [6.45, 7) is 0. The molecule has 7 heteroatoms. The lowest BCUT2D eigenvalue weighted by Gasteiger charge is -1.97. The number of carbonyl (C=O) groups excluding carboxylic acids is 1. The van der Waals surface area contributed by atoms with E-state index in [2.05, 4.69) is 19.9 Å². The van der Waals surface area contributed by atoms with Crippen LogP contribution in [0, 0.1) is 0 Å². The number of hydrogen-bond acceptors (Lipinski definition) is 4. The van der Waals surface area contributed by atoms with Gasteiger partial charge in [-0.2, -0.15) is 0 Å². The first-order chi connectivity index (χ1) is 9.18. The Morgan fingerprint density at radius 1 is 1.21 bits per heavy atom. The highest BCUT2D eigenvalue weighted by molar-refractivity contribution is 6.17. The third kappa shape index (κ3) is 1.68. The molecule has 94 valence electrons. The topological polar surface area (TPSA) is 112 Å². The van der Waals surface area contributed by atoms with E-state index in [1.807, 2.05) is 0 Å². The van der Waals surface area contributed by atoms with Gasteiger partial charge in [0.15, 0.2) is 5.69 Å². The van der Waals surface area contributed by atoms with E-state index in [9.17, 15) is 9.59 Å². The standard InChI is InChI=1S/C12H8N4O3/c17-10(8-9(12(18)19)16-5-15-8)7-4-14-11-6(7)2-1-3-13-11/h1-5H,(H,13,14)(H,15,16)(H,18,19). The number of aromatic carboxylic acids is 1. The summed E-state index contributed by atoms with van der Waals surface area (Å²) in [5, 5.41) is 9.60. The first-order valence-corrected chi connectivity index (χ1v) is 5.42. The molecular weight excluding hydrogens is 248 g/mol. The third-order valence-corrected chi connectivity index (χ3v) is 2.76. The van der Waals surface area contributed by atoms with Crippen molar-refractivity contribution in [1.82, 2.24) is 19.9 Å². The van der Waals surface area contributed by atoms with Crippen LogP contribution in [0.25, 0.3) is 11.0 Å². The van der Waals surface area contributed by atoms with Crippen LogP contribution in [0.15, 0.2) is 30.9 Å². The average molecular weight is 256 g/mol. The molecule has 0 amide bonds. The Bertz CT molecular complexity index is 787. The number of ketones is 1. The fourth-order valence-corrected chi connectivity index (χ4v) is 1.90. The molecule has 3 aromatic rings. The summed E-state index contributed by atoms with van der Waals surface area (Å²) < 4.78 is 0. The maximum Gasteiger partial charge on any atom is 0.354 e. The van der Waals surface area contributed by atoms with Gasteiger partial charge in [0.05, 0.1) is 11.9 Å². The Labute approximate surface area is 106 Å². The lowest BCUT2D eigenvalue weighted by atomic mass is 10.1. The molecule has 0 saturated heterocycles. The zero-order valence-electron chi connectivity index (χ0n) is 9.54. The van der Waals surface area contributed by atoms with Crippen LogP contribution in [0.4, 0.5) is 0 Å². The molecular formula is C12H8N4O3. The summed E-state index contributed by atoms with van der Waals surface area (Å²) in [5.41, 5.74) is 0.580. The number of hydrogen-bond donors (Lipinski definition) is 3. The molecule has 3 N–H and O–H groups in total. The Morgan fingerprint density at radius 3 is 2.84 bits per heavy atom. The fourth-order valence-electron chi connectivity index (χ4n) is 1.90. The second-order valence-electron chi connectivity index (χ2n) is 3.86. The second-order valence-corrected chi connectivity index (χ2v) is 3.86. The number of fused-ring (bicyclic) bond motifs is 1. The molecule has 0 aliphatic rings. The molecule has 0 aromatic carbocycles. The normalized spacial score (nSPS) is 10.7. The highest BCUT2D eigenvalue weighted by Crippen LogP contribution is 2.19. The van der Waals surface area contributed by atoms with Crippen molar-refractivity contribution >= 4 is 22.8 Å². The summed E-state index contributed by atoms with van der Waals surface area (Å²) in [6, 6.07) is 3.44. The maximum atomic E-state index is 12.3. The molecule has 0 aliphatic carbocycles. The van der Waals surface area contributed by atoms with E-state index in [4.69, 9.17) is 5.11 Å². The van der Waals surface area contributed by atoms with Gasteiger partial charge in [-0.05, 0) is 12.1 Å². The molecule has 0 atom stereocenters. The van der Waals surface area contributed by atoms with E-state index in [0.717, 1.165) is 0 Å². The van der Waals surface area contributed by atoms with Crippen LogP contribution in [-0.4, -0.2) is 36.8 Å². The molecule has 0 spiro atoms. The van der Waals surface area contributed by atoms with Crippen LogP contribution in [-0.2, 0) is 0 Å². The number of carbonyl (C=O) groups is 2. The van der Waals surface area contributed by atoms with E-state index in [1.54, 1.807) is 18.3 Å². The van der Waals surface area contributed by atoms with Gasteiger partial charge in [0.25, 0.3) is 0 Å². The summed E-state index contributed by atoms with van der Waals surface area (Å²) in [4.78, 5) is 36.4. The zero-order chi connectivity index (χ0) is 13.4. The van der Waals surface area contributed by atoms with Crippen molar-refractivity contribution in [3.8, 4) is 0 Å². The lowest BCUT2D eigenvalue weighted by molar-refractivity contribution is 0.0687. The number of nitrogens with zero attached hydrogens (tertiary/aromatic N) is 2. The number of aromatic nitrogens is 4. The average Bonchev–Trinajstić information content (AvgIpc) is 3.05. The van der Waals surface area contributed by atoms with E-state index in [0.29, 0.717) is 16.6 Å². The molecule has 0 fully saturated rings. The monoisotopic (exact) mass is 256 g/mol. The first-order valence-electron chi connectivity index (χ1n) is 5.42. The van der Waals surface area contributed by atoms with Crippen molar-refractivity contribution in [2.24, 2.45) is 0 Å². The van der Waals surface area contributed by atoms with Crippen molar-refractivity contribution in [2.75, 3.05) is 0 Å². The molecule has 19 heavy (non-hydrogen) atoms. The maximum absolute atomic E-state index is 12.3. The van der Waals surface area contributed by atoms with Crippen molar-refractivity contribution < 1.29 is 14.7 Å². The summed E-state index contributed by atoms with van der Waals surface area (Å²) in [7, 11) is 0. The second kappa shape index (κ2) is 4.05. The largest absolute Gasteiger partial charge is 0.477 e. The minimum atomic E-state index is -1.22. The molecule has 3 aromatic heterocycles.